The molecule has 0 aliphatic carbocycles. The van der Waals surface area contributed by atoms with E-state index in [1.807, 2.05) is 48.2 Å². The molecule has 0 bridgehead atoms. The molecule has 0 spiro atoms. The molecule has 1 saturated heterocycles. The van der Waals surface area contributed by atoms with E-state index in [1.165, 1.54) is 11.1 Å². The Morgan fingerprint density at radius 2 is 1.72 bits per heavy atom. The average Bonchev–Trinajstić information content (AvgIpc) is 3.38. The highest BCUT2D eigenvalue weighted by Crippen LogP contribution is 2.36. The van der Waals surface area contributed by atoms with Crippen molar-refractivity contribution in [1.29, 1.82) is 0 Å². The number of aryl methyl sites for hydroxylation is 2. The number of hydrogen-bond donors (Lipinski definition) is 0. The molecule has 2 atom stereocenters. The van der Waals surface area contributed by atoms with Gasteiger partial charge in [0.15, 0.2) is 0 Å². The highest BCUT2D eigenvalue weighted by Gasteiger charge is 2.37. The standard InChI is InChI=1S/C28H34N2O2/c1-20(2)30(28(31)23-11-6-5-7-12-23)17-24-16-29(18-25-15-14-22(4)32-25)19-27(24)26-13-9-8-10-21(26)3/h5-15,20,24,27H,16-19H2,1-4H3. The lowest BCUT2D eigenvalue weighted by Crippen LogP contribution is -2.42. The molecular weight excluding hydrogens is 396 g/mol. The SMILES string of the molecule is Cc1ccc(CN2CC(CN(C(=O)c3ccccc3)C(C)C)C(c3ccccc3C)C2)o1. The zero-order valence-corrected chi connectivity index (χ0v) is 19.6. The molecule has 0 radical (unpaired) electrons. The Morgan fingerprint density at radius 1 is 1.00 bits per heavy atom. The molecule has 1 amide bonds. The Balaban J connectivity index is 1.59. The normalized spacial score (nSPS) is 18.9. The molecule has 168 valence electrons. The monoisotopic (exact) mass is 430 g/mol. The van der Waals surface area contributed by atoms with Gasteiger partial charge in [-0.05, 0) is 69.0 Å². The average molecular weight is 431 g/mol. The summed E-state index contributed by atoms with van der Waals surface area (Å²) in [6.07, 6.45) is 0. The number of carbonyl (C=O) groups is 1. The molecule has 1 fully saturated rings. The molecule has 32 heavy (non-hydrogen) atoms. The van der Waals surface area contributed by atoms with Crippen LogP contribution in [0.3, 0.4) is 0 Å². The topological polar surface area (TPSA) is 36.7 Å². The van der Waals surface area contributed by atoms with Crippen molar-refractivity contribution in [3.05, 3.63) is 94.9 Å². The van der Waals surface area contributed by atoms with E-state index in [0.29, 0.717) is 11.8 Å². The van der Waals surface area contributed by atoms with Gasteiger partial charge in [-0.1, -0.05) is 42.5 Å². The van der Waals surface area contributed by atoms with Crippen molar-refractivity contribution in [2.75, 3.05) is 19.6 Å². The van der Waals surface area contributed by atoms with Crippen molar-refractivity contribution in [2.45, 2.75) is 46.2 Å². The van der Waals surface area contributed by atoms with Crippen molar-refractivity contribution in [3.8, 4) is 0 Å². The molecule has 1 aliphatic heterocycles. The first-order valence-corrected chi connectivity index (χ1v) is 11.6. The molecule has 3 aromatic rings. The summed E-state index contributed by atoms with van der Waals surface area (Å²) in [5.74, 6) is 2.82. The summed E-state index contributed by atoms with van der Waals surface area (Å²) in [7, 11) is 0. The lowest BCUT2D eigenvalue weighted by molar-refractivity contribution is 0.0668. The number of hydrogen-bond acceptors (Lipinski definition) is 3. The van der Waals surface area contributed by atoms with Crippen molar-refractivity contribution in [3.63, 3.8) is 0 Å². The van der Waals surface area contributed by atoms with Crippen molar-refractivity contribution >= 4 is 5.91 Å². The predicted octanol–water partition coefficient (Wildman–Crippen LogP) is 5.66. The molecule has 4 nitrogen and oxygen atoms in total. The minimum absolute atomic E-state index is 0.115. The highest BCUT2D eigenvalue weighted by atomic mass is 16.3. The second-order valence-electron chi connectivity index (χ2n) is 9.35. The number of nitrogens with zero attached hydrogens (tertiary/aromatic N) is 2. The van der Waals surface area contributed by atoms with Crippen LogP contribution in [0.4, 0.5) is 0 Å². The molecule has 4 rings (SSSR count). The lowest BCUT2D eigenvalue weighted by atomic mass is 9.86. The van der Waals surface area contributed by atoms with Crippen LogP contribution < -0.4 is 0 Å². The van der Waals surface area contributed by atoms with Gasteiger partial charge in [0.1, 0.15) is 11.5 Å². The number of rotatable bonds is 7. The molecule has 4 heteroatoms. The fraction of sp³-hybridized carbons (Fsp3) is 0.393. The van der Waals surface area contributed by atoms with E-state index in [-0.39, 0.29) is 11.9 Å². The lowest BCUT2D eigenvalue weighted by Gasteiger charge is -2.32. The Hall–Kier alpha value is -2.85. The third-order valence-corrected chi connectivity index (χ3v) is 6.62. The maximum absolute atomic E-state index is 13.4. The van der Waals surface area contributed by atoms with Crippen LogP contribution >= 0.6 is 0 Å². The quantitative estimate of drug-likeness (QED) is 0.485. The summed E-state index contributed by atoms with van der Waals surface area (Å²) < 4.78 is 5.85. The Morgan fingerprint density at radius 3 is 2.38 bits per heavy atom. The van der Waals surface area contributed by atoms with Crippen LogP contribution in [-0.4, -0.2) is 41.4 Å². The number of amides is 1. The fourth-order valence-corrected chi connectivity index (χ4v) is 4.95. The van der Waals surface area contributed by atoms with E-state index in [9.17, 15) is 4.79 Å². The van der Waals surface area contributed by atoms with Crippen LogP contribution in [0.5, 0.6) is 0 Å². The Labute approximate surface area is 191 Å². The molecule has 2 heterocycles. The van der Waals surface area contributed by atoms with E-state index in [0.717, 1.165) is 43.3 Å². The summed E-state index contributed by atoms with van der Waals surface area (Å²) in [6.45, 7) is 11.9. The zero-order chi connectivity index (χ0) is 22.7. The van der Waals surface area contributed by atoms with Gasteiger partial charge in [0.05, 0.1) is 6.54 Å². The Kier molecular flexibility index (Phi) is 6.80. The molecular formula is C28H34N2O2. The van der Waals surface area contributed by atoms with E-state index >= 15 is 0 Å². The molecule has 1 aliphatic rings. The first-order chi connectivity index (χ1) is 15.4. The molecule has 2 aromatic carbocycles. The van der Waals surface area contributed by atoms with Crippen LogP contribution in [0, 0.1) is 19.8 Å². The fourth-order valence-electron chi connectivity index (χ4n) is 4.95. The van der Waals surface area contributed by atoms with E-state index in [2.05, 4.69) is 56.0 Å². The number of furan rings is 1. The van der Waals surface area contributed by atoms with Crippen molar-refractivity contribution < 1.29 is 9.21 Å². The maximum atomic E-state index is 13.4. The number of benzene rings is 2. The van der Waals surface area contributed by atoms with Crippen LogP contribution in [0.1, 0.15) is 52.8 Å². The minimum Gasteiger partial charge on any atom is -0.465 e. The van der Waals surface area contributed by atoms with Gasteiger partial charge >= 0.3 is 0 Å². The molecule has 2 unspecified atom stereocenters. The second-order valence-corrected chi connectivity index (χ2v) is 9.35. The minimum atomic E-state index is 0.115. The van der Waals surface area contributed by atoms with E-state index in [1.54, 1.807) is 0 Å². The summed E-state index contributed by atoms with van der Waals surface area (Å²) >= 11 is 0. The summed E-state index contributed by atoms with van der Waals surface area (Å²) in [5, 5.41) is 0. The third-order valence-electron chi connectivity index (χ3n) is 6.62. The smallest absolute Gasteiger partial charge is 0.254 e. The third kappa shape index (κ3) is 4.97. The number of carbonyl (C=O) groups excluding carboxylic acids is 1. The predicted molar refractivity (Wildman–Crippen MR) is 129 cm³/mol. The van der Waals surface area contributed by atoms with Crippen LogP contribution in [0.25, 0.3) is 0 Å². The van der Waals surface area contributed by atoms with Gasteiger partial charge in [0.2, 0.25) is 0 Å². The molecule has 0 saturated carbocycles. The van der Waals surface area contributed by atoms with Crippen LogP contribution in [-0.2, 0) is 6.54 Å². The Bertz CT molecular complexity index is 1040. The van der Waals surface area contributed by atoms with Gasteiger partial charge in [0.25, 0.3) is 5.91 Å². The first kappa shape index (κ1) is 22.3. The van der Waals surface area contributed by atoms with Gasteiger partial charge in [0, 0.05) is 37.2 Å². The van der Waals surface area contributed by atoms with Crippen molar-refractivity contribution in [1.82, 2.24) is 9.80 Å². The van der Waals surface area contributed by atoms with Gasteiger partial charge in [-0.3, -0.25) is 9.69 Å². The van der Waals surface area contributed by atoms with Gasteiger partial charge in [-0.15, -0.1) is 0 Å². The van der Waals surface area contributed by atoms with E-state index < -0.39 is 0 Å². The second kappa shape index (κ2) is 9.74. The van der Waals surface area contributed by atoms with Gasteiger partial charge in [-0.2, -0.15) is 0 Å². The summed E-state index contributed by atoms with van der Waals surface area (Å²) in [4.78, 5) is 17.9. The zero-order valence-electron chi connectivity index (χ0n) is 19.6. The number of likely N-dealkylation sites (tertiary alicyclic amines) is 1. The van der Waals surface area contributed by atoms with Crippen molar-refractivity contribution in [2.24, 2.45) is 5.92 Å². The van der Waals surface area contributed by atoms with E-state index in [4.69, 9.17) is 4.42 Å². The molecule has 1 aromatic heterocycles. The first-order valence-electron chi connectivity index (χ1n) is 11.6. The summed E-state index contributed by atoms with van der Waals surface area (Å²) in [6, 6.07) is 22.6. The molecule has 0 N–H and O–H groups in total. The van der Waals surface area contributed by atoms with Gasteiger partial charge in [-0.25, -0.2) is 0 Å². The van der Waals surface area contributed by atoms with Crippen LogP contribution in [0.15, 0.2) is 71.1 Å². The highest BCUT2D eigenvalue weighted by molar-refractivity contribution is 5.94. The maximum Gasteiger partial charge on any atom is 0.254 e. The van der Waals surface area contributed by atoms with Gasteiger partial charge < -0.3 is 9.32 Å². The van der Waals surface area contributed by atoms with Crippen LogP contribution in [0.2, 0.25) is 0 Å². The summed E-state index contributed by atoms with van der Waals surface area (Å²) in [5.41, 5.74) is 3.48. The largest absolute Gasteiger partial charge is 0.465 e.